The Morgan fingerprint density at radius 1 is 0.841 bits per heavy atom. The van der Waals surface area contributed by atoms with Crippen LogP contribution in [0.1, 0.15) is 78.5 Å². The topological polar surface area (TPSA) is 4.93 Å². The molecule has 0 N–H and O–H groups in total. The minimum Gasteiger partial charge on any atom is -0.313 e. The third kappa shape index (κ3) is 4.04. The van der Waals surface area contributed by atoms with Crippen molar-refractivity contribution in [3.63, 3.8) is 0 Å². The standard InChI is InChI=1S/C43H45N/c1-27-16-17-31-23-32(43(5,6)39(31)22-27)26-35-28(2)42(3,4)38-20-18-29(24-36(35)38)30-19-21-41-37(25-30)34-14-10-11-15-40(34)44(41)33-12-8-7-9-13-33/h7-18,20,25-27,36H,19,21-24H2,1-6H3/b32-26+. The summed E-state index contributed by atoms with van der Waals surface area (Å²) in [6.07, 6.45) is 20.6. The van der Waals surface area contributed by atoms with Crippen LogP contribution >= 0.6 is 0 Å². The average molecular weight is 576 g/mol. The number of allylic oxidation sites excluding steroid dienone is 13. The van der Waals surface area contributed by atoms with Crippen molar-refractivity contribution < 1.29 is 0 Å². The van der Waals surface area contributed by atoms with Gasteiger partial charge >= 0.3 is 0 Å². The lowest BCUT2D eigenvalue weighted by molar-refractivity contribution is 0.504. The summed E-state index contributed by atoms with van der Waals surface area (Å²) in [7, 11) is 0. The summed E-state index contributed by atoms with van der Waals surface area (Å²) in [4.78, 5) is 0. The molecule has 5 aliphatic rings. The summed E-state index contributed by atoms with van der Waals surface area (Å²) in [5.41, 5.74) is 18.3. The molecule has 0 saturated carbocycles. The van der Waals surface area contributed by atoms with Crippen LogP contribution in [0.5, 0.6) is 0 Å². The molecule has 0 spiro atoms. The maximum atomic E-state index is 2.66. The van der Waals surface area contributed by atoms with Gasteiger partial charge in [0.25, 0.3) is 0 Å². The van der Waals surface area contributed by atoms with Crippen LogP contribution in [0.15, 0.2) is 130 Å². The van der Waals surface area contributed by atoms with Gasteiger partial charge in [-0.1, -0.05) is 124 Å². The largest absolute Gasteiger partial charge is 0.313 e. The molecule has 1 aromatic heterocycles. The van der Waals surface area contributed by atoms with Gasteiger partial charge in [-0.15, -0.1) is 0 Å². The monoisotopic (exact) mass is 575 g/mol. The van der Waals surface area contributed by atoms with Crippen molar-refractivity contribution in [2.24, 2.45) is 22.7 Å². The molecule has 8 rings (SSSR count). The van der Waals surface area contributed by atoms with Gasteiger partial charge in [-0.2, -0.15) is 0 Å². The second-order valence-corrected chi connectivity index (χ2v) is 15.0. The van der Waals surface area contributed by atoms with Gasteiger partial charge in [0, 0.05) is 39.1 Å². The third-order valence-electron chi connectivity index (χ3n) is 11.9. The first-order valence-electron chi connectivity index (χ1n) is 16.8. The van der Waals surface area contributed by atoms with Crippen LogP contribution in [0.25, 0.3) is 22.7 Å². The Kier molecular flexibility index (Phi) is 6.19. The Labute approximate surface area is 263 Å². The van der Waals surface area contributed by atoms with Crippen LogP contribution in [-0.4, -0.2) is 4.57 Å². The van der Waals surface area contributed by atoms with Crippen LogP contribution in [-0.2, 0) is 6.42 Å². The van der Waals surface area contributed by atoms with E-state index in [2.05, 4.69) is 137 Å². The molecule has 2 aromatic carbocycles. The summed E-state index contributed by atoms with van der Waals surface area (Å²) in [6.45, 7) is 14.6. The van der Waals surface area contributed by atoms with E-state index < -0.39 is 0 Å². The lowest BCUT2D eigenvalue weighted by Gasteiger charge is -2.31. The molecular formula is C43H45N. The minimum atomic E-state index is 0.0977. The molecule has 1 nitrogen and oxygen atoms in total. The van der Waals surface area contributed by atoms with Crippen LogP contribution < -0.4 is 0 Å². The van der Waals surface area contributed by atoms with E-state index in [4.69, 9.17) is 0 Å². The Balaban J connectivity index is 1.16. The quantitative estimate of drug-likeness (QED) is 0.293. The number of para-hydroxylation sites is 2. The van der Waals surface area contributed by atoms with E-state index in [-0.39, 0.29) is 10.8 Å². The molecule has 0 saturated heterocycles. The van der Waals surface area contributed by atoms with Gasteiger partial charge in [0.05, 0.1) is 5.52 Å². The van der Waals surface area contributed by atoms with Gasteiger partial charge in [0.1, 0.15) is 0 Å². The number of hydrogen-bond donors (Lipinski definition) is 0. The molecule has 0 fully saturated rings. The first-order chi connectivity index (χ1) is 21.1. The van der Waals surface area contributed by atoms with Crippen LogP contribution in [0.3, 0.4) is 0 Å². The second-order valence-electron chi connectivity index (χ2n) is 15.0. The van der Waals surface area contributed by atoms with E-state index in [1.807, 2.05) is 0 Å². The summed E-state index contributed by atoms with van der Waals surface area (Å²) in [5.74, 6) is 1.11. The highest BCUT2D eigenvalue weighted by molar-refractivity contribution is 5.94. The molecule has 1 heterocycles. The van der Waals surface area contributed by atoms with E-state index in [0.717, 1.165) is 25.7 Å². The first kappa shape index (κ1) is 27.7. The maximum absolute atomic E-state index is 2.66. The van der Waals surface area contributed by atoms with Gasteiger partial charge in [-0.05, 0) is 91.5 Å². The zero-order chi connectivity index (χ0) is 30.4. The highest BCUT2D eigenvalue weighted by atomic mass is 15.0. The van der Waals surface area contributed by atoms with Crippen molar-refractivity contribution in [3.05, 3.63) is 141 Å². The number of nitrogens with zero attached hydrogens (tertiary/aromatic N) is 1. The lowest BCUT2D eigenvalue weighted by atomic mass is 9.73. The molecule has 2 atom stereocenters. The zero-order valence-corrected chi connectivity index (χ0v) is 27.3. The molecule has 0 radical (unpaired) electrons. The summed E-state index contributed by atoms with van der Waals surface area (Å²) in [6, 6.07) is 19.8. The second kappa shape index (κ2) is 9.83. The number of hydrogen-bond acceptors (Lipinski definition) is 0. The number of rotatable bonds is 3. The fourth-order valence-corrected chi connectivity index (χ4v) is 9.02. The number of aromatic nitrogens is 1. The molecular weight excluding hydrogens is 530 g/mol. The SMILES string of the molecule is CC1=C(/C=C2\CC3=C(CC(C)C=C3)C2(C)C)C2CC(C3=Cc4c(n(-c5ccccc5)c5ccccc45)CC3)=CC=C2C1(C)C. The van der Waals surface area contributed by atoms with Crippen LogP contribution in [0.2, 0.25) is 0 Å². The summed E-state index contributed by atoms with van der Waals surface area (Å²) < 4.78 is 2.49. The van der Waals surface area contributed by atoms with Crippen molar-refractivity contribution in [1.82, 2.24) is 4.57 Å². The average Bonchev–Trinajstić information content (AvgIpc) is 3.56. The van der Waals surface area contributed by atoms with Gasteiger partial charge in [0.2, 0.25) is 0 Å². The third-order valence-corrected chi connectivity index (χ3v) is 11.9. The Hall–Kier alpha value is -3.84. The molecule has 2 unspecified atom stereocenters. The van der Waals surface area contributed by atoms with E-state index in [1.54, 1.807) is 33.4 Å². The molecule has 44 heavy (non-hydrogen) atoms. The van der Waals surface area contributed by atoms with Gasteiger partial charge < -0.3 is 4.57 Å². The lowest BCUT2D eigenvalue weighted by Crippen LogP contribution is -2.18. The van der Waals surface area contributed by atoms with E-state index in [0.29, 0.717) is 11.8 Å². The molecule has 0 bridgehead atoms. The molecule has 0 amide bonds. The van der Waals surface area contributed by atoms with Crippen molar-refractivity contribution >= 4 is 17.0 Å². The minimum absolute atomic E-state index is 0.0977. The molecule has 222 valence electrons. The molecule has 3 aromatic rings. The first-order valence-corrected chi connectivity index (χ1v) is 16.8. The van der Waals surface area contributed by atoms with E-state index in [9.17, 15) is 0 Å². The summed E-state index contributed by atoms with van der Waals surface area (Å²) >= 11 is 0. The highest BCUT2D eigenvalue weighted by Gasteiger charge is 2.44. The van der Waals surface area contributed by atoms with E-state index >= 15 is 0 Å². The Morgan fingerprint density at radius 2 is 1.61 bits per heavy atom. The van der Waals surface area contributed by atoms with Crippen LogP contribution in [0.4, 0.5) is 0 Å². The van der Waals surface area contributed by atoms with E-state index in [1.165, 1.54) is 45.4 Å². The highest BCUT2D eigenvalue weighted by Crippen LogP contribution is 2.57. The van der Waals surface area contributed by atoms with Gasteiger partial charge in [0.15, 0.2) is 0 Å². The zero-order valence-electron chi connectivity index (χ0n) is 27.3. The normalized spacial score (nSPS) is 26.0. The predicted octanol–water partition coefficient (Wildman–Crippen LogP) is 11.4. The fraction of sp³-hybridized carbons (Fsp3) is 0.349. The predicted molar refractivity (Wildman–Crippen MR) is 187 cm³/mol. The van der Waals surface area contributed by atoms with Crippen molar-refractivity contribution in [3.8, 4) is 5.69 Å². The van der Waals surface area contributed by atoms with Crippen molar-refractivity contribution in [2.45, 2.75) is 73.6 Å². The van der Waals surface area contributed by atoms with Crippen molar-refractivity contribution in [1.29, 1.82) is 0 Å². The van der Waals surface area contributed by atoms with Crippen LogP contribution in [0, 0.1) is 22.7 Å². The Morgan fingerprint density at radius 3 is 2.43 bits per heavy atom. The fourth-order valence-electron chi connectivity index (χ4n) is 9.02. The molecule has 0 aliphatic heterocycles. The maximum Gasteiger partial charge on any atom is 0.0537 e. The number of benzene rings is 2. The molecule has 1 heteroatoms. The van der Waals surface area contributed by atoms with Gasteiger partial charge in [-0.3, -0.25) is 0 Å². The van der Waals surface area contributed by atoms with Crippen molar-refractivity contribution in [2.75, 3.05) is 0 Å². The Bertz CT molecular complexity index is 1940. The summed E-state index contributed by atoms with van der Waals surface area (Å²) in [5, 5.41) is 1.36. The molecule has 5 aliphatic carbocycles. The van der Waals surface area contributed by atoms with Gasteiger partial charge in [-0.25, -0.2) is 0 Å². The smallest absolute Gasteiger partial charge is 0.0537 e. The number of fused-ring (bicyclic) bond motifs is 4.